The van der Waals surface area contributed by atoms with Gasteiger partial charge in [0.2, 0.25) is 0 Å². The highest BCUT2D eigenvalue weighted by Gasteiger charge is 2.46. The number of aliphatic imine (C=N–C) groups is 1. The Balaban J connectivity index is 1.50. The van der Waals surface area contributed by atoms with Gasteiger partial charge in [-0.25, -0.2) is 4.79 Å². The van der Waals surface area contributed by atoms with Gasteiger partial charge in [0.15, 0.2) is 0 Å². The third-order valence-corrected chi connectivity index (χ3v) is 7.72. The first-order valence-corrected chi connectivity index (χ1v) is 13.2. The van der Waals surface area contributed by atoms with Crippen molar-refractivity contribution in [3.8, 4) is 5.75 Å². The Kier molecular flexibility index (Phi) is 7.54. The van der Waals surface area contributed by atoms with E-state index in [9.17, 15) is 9.59 Å². The second kappa shape index (κ2) is 11.2. The molecule has 194 valence electrons. The molecule has 0 aromatic heterocycles. The summed E-state index contributed by atoms with van der Waals surface area (Å²) in [4.78, 5) is 32.2. The molecule has 0 radical (unpaired) electrons. The summed E-state index contributed by atoms with van der Waals surface area (Å²) >= 11 is 0. The monoisotopic (exact) mass is 507 g/mol. The first-order valence-electron chi connectivity index (χ1n) is 13.2. The minimum atomic E-state index is -0.472. The van der Waals surface area contributed by atoms with E-state index in [4.69, 9.17) is 14.5 Å². The average Bonchev–Trinajstić information content (AvgIpc) is 2.95. The van der Waals surface area contributed by atoms with Crippen LogP contribution in [0.5, 0.6) is 5.75 Å². The summed E-state index contributed by atoms with van der Waals surface area (Å²) in [5.41, 5.74) is 6.13. The molecular weight excluding hydrogens is 474 g/mol. The predicted octanol–water partition coefficient (Wildman–Crippen LogP) is 6.58. The largest absolute Gasteiger partial charge is 0.497 e. The zero-order chi connectivity index (χ0) is 26.6. The normalized spacial score (nSPS) is 21.0. The van der Waals surface area contributed by atoms with Crippen LogP contribution in [0.15, 0.2) is 95.1 Å². The van der Waals surface area contributed by atoms with E-state index in [-0.39, 0.29) is 18.3 Å². The van der Waals surface area contributed by atoms with Crippen molar-refractivity contribution in [3.63, 3.8) is 0 Å². The van der Waals surface area contributed by atoms with Gasteiger partial charge in [0.25, 0.3) is 0 Å². The molecule has 0 bridgehead atoms. The number of fused-ring (bicyclic) bond motifs is 1. The van der Waals surface area contributed by atoms with Crippen LogP contribution in [0, 0.1) is 5.92 Å². The molecule has 38 heavy (non-hydrogen) atoms. The maximum Gasteiger partial charge on any atom is 0.336 e. The summed E-state index contributed by atoms with van der Waals surface area (Å²) in [5, 5.41) is 0. The van der Waals surface area contributed by atoms with Crippen molar-refractivity contribution in [2.45, 2.75) is 51.6 Å². The number of esters is 1. The van der Waals surface area contributed by atoms with Crippen LogP contribution in [-0.4, -0.2) is 24.6 Å². The first-order chi connectivity index (χ1) is 18.5. The summed E-state index contributed by atoms with van der Waals surface area (Å²) < 4.78 is 11.1. The summed E-state index contributed by atoms with van der Waals surface area (Å²) in [7, 11) is 1.64. The number of Topliss-reactive ketones (excluding diaryl/α,β-unsaturated/α-hetero) is 1. The highest BCUT2D eigenvalue weighted by atomic mass is 16.5. The fraction of sp³-hybridized carbons (Fsp3) is 0.303. The van der Waals surface area contributed by atoms with Crippen LogP contribution in [0.3, 0.4) is 0 Å². The van der Waals surface area contributed by atoms with Gasteiger partial charge in [-0.2, -0.15) is 0 Å². The van der Waals surface area contributed by atoms with E-state index in [1.54, 1.807) is 7.11 Å². The molecule has 1 unspecified atom stereocenters. The van der Waals surface area contributed by atoms with Crippen LogP contribution in [0.25, 0.3) is 0 Å². The van der Waals surface area contributed by atoms with E-state index in [1.165, 1.54) is 5.56 Å². The first kappa shape index (κ1) is 25.7. The maximum absolute atomic E-state index is 13.8. The number of carbonyl (C=O) groups excluding carboxylic acids is 2. The van der Waals surface area contributed by atoms with Gasteiger partial charge >= 0.3 is 5.97 Å². The fourth-order valence-corrected chi connectivity index (χ4v) is 5.68. The second-order valence-corrected chi connectivity index (χ2v) is 10.1. The number of benzene rings is 3. The molecule has 3 aromatic carbocycles. The molecule has 0 N–H and O–H groups in total. The van der Waals surface area contributed by atoms with E-state index >= 15 is 0 Å². The van der Waals surface area contributed by atoms with Crippen LogP contribution in [0.4, 0.5) is 0 Å². The van der Waals surface area contributed by atoms with Gasteiger partial charge in [-0.05, 0) is 60.1 Å². The molecule has 1 aliphatic heterocycles. The quantitative estimate of drug-likeness (QED) is 0.339. The van der Waals surface area contributed by atoms with Gasteiger partial charge in [-0.3, -0.25) is 9.79 Å². The topological polar surface area (TPSA) is 65.0 Å². The Hall–Kier alpha value is -3.99. The second-order valence-electron chi connectivity index (χ2n) is 10.1. The smallest absolute Gasteiger partial charge is 0.336 e. The number of ketones is 1. The highest BCUT2D eigenvalue weighted by molar-refractivity contribution is 6.12. The maximum atomic E-state index is 13.8. The van der Waals surface area contributed by atoms with Gasteiger partial charge in [-0.15, -0.1) is 0 Å². The van der Waals surface area contributed by atoms with E-state index in [0.717, 1.165) is 34.6 Å². The van der Waals surface area contributed by atoms with Gasteiger partial charge in [0, 0.05) is 23.7 Å². The van der Waals surface area contributed by atoms with Gasteiger partial charge in [0.1, 0.15) is 18.1 Å². The molecule has 1 fully saturated rings. The average molecular weight is 508 g/mol. The number of hydrogen-bond acceptors (Lipinski definition) is 5. The third-order valence-electron chi connectivity index (χ3n) is 7.72. The summed E-state index contributed by atoms with van der Waals surface area (Å²) in [6.45, 7) is 4.14. The van der Waals surface area contributed by atoms with Gasteiger partial charge in [0.05, 0.1) is 18.6 Å². The number of nitrogens with zero attached hydrogens (tertiary/aromatic N) is 1. The Morgan fingerprint density at radius 2 is 1.55 bits per heavy atom. The van der Waals surface area contributed by atoms with Crippen molar-refractivity contribution < 1.29 is 19.1 Å². The van der Waals surface area contributed by atoms with Gasteiger partial charge < -0.3 is 9.47 Å². The van der Waals surface area contributed by atoms with E-state index in [0.29, 0.717) is 24.1 Å². The molecule has 3 atom stereocenters. The van der Waals surface area contributed by atoms with Crippen LogP contribution >= 0.6 is 0 Å². The highest BCUT2D eigenvalue weighted by Crippen LogP contribution is 2.46. The summed E-state index contributed by atoms with van der Waals surface area (Å²) in [5.74, 6) is -0.353. The lowest BCUT2D eigenvalue weighted by molar-refractivity contribution is -0.140. The van der Waals surface area contributed by atoms with Crippen LogP contribution in [-0.2, 0) is 27.4 Å². The molecule has 1 aliphatic carbocycles. The SMILES string of the molecule is CCc1ccc([C@@H]2C(C(=O)OCc3ccccc3)=C(C)N=C3C[C@@H](c4ccc(OC)cc4)CC(=O)C32)cc1. The molecular formula is C33H33NO4. The number of hydrogen-bond donors (Lipinski definition) is 0. The molecule has 2 aliphatic rings. The lowest BCUT2D eigenvalue weighted by atomic mass is 9.66. The van der Waals surface area contributed by atoms with Crippen molar-refractivity contribution >= 4 is 17.5 Å². The van der Waals surface area contributed by atoms with Crippen molar-refractivity contribution in [1.29, 1.82) is 0 Å². The molecule has 0 amide bonds. The molecule has 5 nitrogen and oxygen atoms in total. The van der Waals surface area contributed by atoms with Crippen LogP contribution < -0.4 is 4.74 Å². The number of methoxy groups -OCH3 is 1. The Morgan fingerprint density at radius 3 is 2.21 bits per heavy atom. The zero-order valence-corrected chi connectivity index (χ0v) is 22.1. The molecule has 1 heterocycles. The standard InChI is InChI=1S/C33H33NO4/c1-4-22-10-12-25(13-11-22)31-30(33(36)38-20-23-8-6-5-7-9-23)21(2)34-28-18-26(19-29(35)32(28)31)24-14-16-27(37-3)17-15-24/h5-17,26,31-32H,4,18-20H2,1-3H3/t26-,31-,32?/m1/s1. The van der Waals surface area contributed by atoms with Crippen LogP contribution in [0.1, 0.15) is 60.8 Å². The summed E-state index contributed by atoms with van der Waals surface area (Å²) in [6.07, 6.45) is 2.01. The van der Waals surface area contributed by atoms with Crippen molar-refractivity contribution in [1.82, 2.24) is 0 Å². The van der Waals surface area contributed by atoms with Crippen molar-refractivity contribution in [3.05, 3.63) is 112 Å². The van der Waals surface area contributed by atoms with E-state index in [2.05, 4.69) is 19.1 Å². The predicted molar refractivity (Wildman–Crippen MR) is 148 cm³/mol. The lowest BCUT2D eigenvalue weighted by Crippen LogP contribution is -2.41. The summed E-state index contributed by atoms with van der Waals surface area (Å²) in [6, 6.07) is 25.8. The van der Waals surface area contributed by atoms with Crippen molar-refractivity contribution in [2.24, 2.45) is 10.9 Å². The van der Waals surface area contributed by atoms with Gasteiger partial charge in [-0.1, -0.05) is 73.7 Å². The minimum Gasteiger partial charge on any atom is -0.497 e. The molecule has 0 spiro atoms. The van der Waals surface area contributed by atoms with Crippen LogP contribution in [0.2, 0.25) is 0 Å². The molecule has 5 heteroatoms. The number of carbonyl (C=O) groups is 2. The Morgan fingerprint density at radius 1 is 0.868 bits per heavy atom. The number of aryl methyl sites for hydroxylation is 1. The Labute approximate surface area is 224 Å². The zero-order valence-electron chi connectivity index (χ0n) is 22.1. The lowest BCUT2D eigenvalue weighted by Gasteiger charge is -2.38. The molecule has 1 saturated carbocycles. The van der Waals surface area contributed by atoms with E-state index < -0.39 is 17.8 Å². The van der Waals surface area contributed by atoms with Crippen molar-refractivity contribution in [2.75, 3.05) is 7.11 Å². The molecule has 3 aromatic rings. The van der Waals surface area contributed by atoms with E-state index in [1.807, 2.05) is 73.7 Å². The third kappa shape index (κ3) is 5.19. The number of ether oxygens (including phenoxy) is 2. The Bertz CT molecular complexity index is 1370. The fourth-order valence-electron chi connectivity index (χ4n) is 5.68. The minimum absolute atomic E-state index is 0.0471. The number of rotatable bonds is 7. The molecule has 0 saturated heterocycles. The molecule has 5 rings (SSSR count). The number of allylic oxidation sites excluding steroid dienone is 1.